The molecule has 0 aliphatic heterocycles. The van der Waals surface area contributed by atoms with E-state index in [1.807, 2.05) is 0 Å². The van der Waals surface area contributed by atoms with Crippen LogP contribution < -0.4 is 0 Å². The van der Waals surface area contributed by atoms with Gasteiger partial charge < -0.3 is 4.74 Å². The zero-order valence-electron chi connectivity index (χ0n) is 9.23. The number of hydrogen-bond acceptors (Lipinski definition) is 4. The molecule has 2 heterocycles. The summed E-state index contributed by atoms with van der Waals surface area (Å²) in [4.78, 5) is 26.7. The number of ether oxygens (including phenoxy) is 1. The molecule has 0 radical (unpaired) electrons. The normalized spacial score (nSPS) is 10.5. The van der Waals surface area contributed by atoms with Gasteiger partial charge in [0.05, 0.1) is 12.7 Å². The Bertz CT molecular complexity index is 618. The Morgan fingerprint density at radius 1 is 1.47 bits per heavy atom. The van der Waals surface area contributed by atoms with Crippen LogP contribution in [0, 0.1) is 0 Å². The van der Waals surface area contributed by atoms with Crippen molar-refractivity contribution >= 4 is 34.5 Å². The molecule has 0 aliphatic rings. The molecule has 0 aliphatic carbocycles. The smallest absolute Gasteiger partial charge is 0.341 e. The maximum atomic E-state index is 11.4. The van der Waals surface area contributed by atoms with Crippen LogP contribution in [0.3, 0.4) is 0 Å². The molecule has 0 N–H and O–H groups in total. The lowest BCUT2D eigenvalue weighted by molar-refractivity contribution is 0.0600. The van der Waals surface area contributed by atoms with Gasteiger partial charge in [-0.2, -0.15) is 0 Å². The van der Waals surface area contributed by atoms with Gasteiger partial charge in [0.15, 0.2) is 0 Å². The number of fused-ring (bicyclic) bond motifs is 1. The zero-order valence-corrected chi connectivity index (χ0v) is 9.99. The summed E-state index contributed by atoms with van der Waals surface area (Å²) in [6, 6.07) is 3.24. The van der Waals surface area contributed by atoms with Crippen molar-refractivity contribution in [3.63, 3.8) is 0 Å². The van der Waals surface area contributed by atoms with E-state index in [4.69, 9.17) is 11.6 Å². The number of hydrogen-bond donors (Lipinski definition) is 0. The quantitative estimate of drug-likeness (QED) is 0.576. The van der Waals surface area contributed by atoms with Gasteiger partial charge in [-0.05, 0) is 12.1 Å². The van der Waals surface area contributed by atoms with Gasteiger partial charge in [-0.1, -0.05) is 11.6 Å². The van der Waals surface area contributed by atoms with Crippen LogP contribution >= 0.6 is 11.6 Å². The minimum Gasteiger partial charge on any atom is -0.465 e. The first-order valence-corrected chi connectivity index (χ1v) is 5.19. The Morgan fingerprint density at radius 2 is 2.18 bits per heavy atom. The molecule has 0 saturated heterocycles. The summed E-state index contributed by atoms with van der Waals surface area (Å²) in [6.07, 6.45) is 1.58. The fourth-order valence-corrected chi connectivity index (χ4v) is 1.76. The average Bonchev–Trinajstić information content (AvgIpc) is 2.69. The van der Waals surface area contributed by atoms with Crippen LogP contribution in [0.5, 0.6) is 0 Å². The Hall–Kier alpha value is -1.88. The molecule has 6 heteroatoms. The average molecular weight is 253 g/mol. The van der Waals surface area contributed by atoms with Crippen molar-refractivity contribution in [2.45, 2.75) is 6.92 Å². The molecule has 0 aromatic carbocycles. The minimum atomic E-state index is -0.556. The molecule has 0 spiro atoms. The van der Waals surface area contributed by atoms with E-state index in [0.717, 1.165) is 0 Å². The number of methoxy groups -OCH3 is 1. The molecule has 5 nitrogen and oxygen atoms in total. The molecule has 2 rings (SSSR count). The summed E-state index contributed by atoms with van der Waals surface area (Å²) in [7, 11) is 1.27. The van der Waals surface area contributed by atoms with Gasteiger partial charge in [0.25, 0.3) is 0 Å². The maximum absolute atomic E-state index is 11.4. The first-order valence-electron chi connectivity index (χ1n) is 4.81. The summed E-state index contributed by atoms with van der Waals surface area (Å²) in [5, 5.41) is 0.676. The third-order valence-electron chi connectivity index (χ3n) is 2.36. The van der Waals surface area contributed by atoms with Crippen molar-refractivity contribution in [3.8, 4) is 0 Å². The molecule has 2 aromatic rings. The Balaban J connectivity index is 2.68. The fraction of sp³-hybridized carbons (Fsp3) is 0.182. The first-order chi connectivity index (χ1) is 8.04. The third kappa shape index (κ3) is 1.89. The highest BCUT2D eigenvalue weighted by atomic mass is 35.5. The van der Waals surface area contributed by atoms with Gasteiger partial charge >= 0.3 is 5.97 Å². The summed E-state index contributed by atoms with van der Waals surface area (Å²) in [5.41, 5.74) is 0.609. The van der Waals surface area contributed by atoms with Crippen molar-refractivity contribution in [2.75, 3.05) is 7.11 Å². The van der Waals surface area contributed by atoms with Gasteiger partial charge in [0.2, 0.25) is 5.91 Å². The zero-order chi connectivity index (χ0) is 12.6. The Labute approximate surface area is 102 Å². The third-order valence-corrected chi connectivity index (χ3v) is 2.65. The fourth-order valence-electron chi connectivity index (χ4n) is 1.55. The van der Waals surface area contributed by atoms with E-state index in [9.17, 15) is 9.59 Å². The van der Waals surface area contributed by atoms with Crippen LogP contribution in [0.1, 0.15) is 22.1 Å². The first kappa shape index (κ1) is 11.6. The number of nitrogens with zero attached hydrogens (tertiary/aromatic N) is 2. The molecule has 0 amide bonds. The molecule has 2 aromatic heterocycles. The predicted octanol–water partition coefficient (Wildman–Crippen LogP) is 2.14. The lowest BCUT2D eigenvalue weighted by atomic mass is 10.2. The second-order valence-corrected chi connectivity index (χ2v) is 3.79. The number of pyridine rings is 1. The van der Waals surface area contributed by atoms with Crippen LogP contribution in [-0.4, -0.2) is 28.5 Å². The molecule has 0 unspecified atom stereocenters. The molecule has 0 saturated carbocycles. The summed E-state index contributed by atoms with van der Waals surface area (Å²) < 4.78 is 5.95. The summed E-state index contributed by atoms with van der Waals surface area (Å²) >= 11 is 5.87. The van der Waals surface area contributed by atoms with Gasteiger partial charge in [-0.25, -0.2) is 9.78 Å². The maximum Gasteiger partial charge on any atom is 0.341 e. The van der Waals surface area contributed by atoms with Crippen LogP contribution in [-0.2, 0) is 4.74 Å². The van der Waals surface area contributed by atoms with E-state index in [2.05, 4.69) is 9.72 Å². The number of carbonyl (C=O) groups excluding carboxylic acids is 2. The van der Waals surface area contributed by atoms with E-state index >= 15 is 0 Å². The van der Waals surface area contributed by atoms with E-state index < -0.39 is 5.97 Å². The van der Waals surface area contributed by atoms with Gasteiger partial charge in [0, 0.05) is 18.5 Å². The number of halogens is 1. The Morgan fingerprint density at radius 3 is 2.76 bits per heavy atom. The molecule has 0 bridgehead atoms. The second-order valence-electron chi connectivity index (χ2n) is 3.44. The molecule has 88 valence electrons. The summed E-state index contributed by atoms with van der Waals surface area (Å²) in [6.45, 7) is 1.42. The number of carbonyl (C=O) groups is 2. The number of aromatic nitrogens is 2. The SMILES string of the molecule is COC(=O)c1cc2ccn(C(C)=O)c2nc1Cl. The highest BCUT2D eigenvalue weighted by molar-refractivity contribution is 6.33. The monoisotopic (exact) mass is 252 g/mol. The number of rotatable bonds is 1. The van der Waals surface area contributed by atoms with E-state index in [1.165, 1.54) is 18.6 Å². The van der Waals surface area contributed by atoms with E-state index in [0.29, 0.717) is 11.0 Å². The van der Waals surface area contributed by atoms with Crippen molar-refractivity contribution in [1.29, 1.82) is 0 Å². The lowest BCUT2D eigenvalue weighted by Gasteiger charge is -2.03. The summed E-state index contributed by atoms with van der Waals surface area (Å²) in [5.74, 6) is -0.727. The van der Waals surface area contributed by atoms with Crippen LogP contribution in [0.2, 0.25) is 5.15 Å². The largest absolute Gasteiger partial charge is 0.465 e. The molecule has 0 atom stereocenters. The van der Waals surface area contributed by atoms with Crippen molar-refractivity contribution < 1.29 is 14.3 Å². The molecular weight excluding hydrogens is 244 g/mol. The molecule has 17 heavy (non-hydrogen) atoms. The topological polar surface area (TPSA) is 61.2 Å². The lowest BCUT2D eigenvalue weighted by Crippen LogP contribution is -2.07. The predicted molar refractivity (Wildman–Crippen MR) is 62.4 cm³/mol. The van der Waals surface area contributed by atoms with Gasteiger partial charge in [0.1, 0.15) is 10.8 Å². The standard InChI is InChI=1S/C11H9ClN2O3/c1-6(15)14-4-3-7-5-8(11(16)17-2)9(12)13-10(7)14/h3-5H,1-2H3. The van der Waals surface area contributed by atoms with Crippen LogP contribution in [0.4, 0.5) is 0 Å². The van der Waals surface area contributed by atoms with E-state index in [1.54, 1.807) is 18.3 Å². The molecular formula is C11H9ClN2O3. The highest BCUT2D eigenvalue weighted by Crippen LogP contribution is 2.22. The van der Waals surface area contributed by atoms with Crippen molar-refractivity contribution in [1.82, 2.24) is 9.55 Å². The van der Waals surface area contributed by atoms with Crippen molar-refractivity contribution in [3.05, 3.63) is 29.0 Å². The van der Waals surface area contributed by atoms with Gasteiger partial charge in [-0.15, -0.1) is 0 Å². The molecule has 0 fully saturated rings. The van der Waals surface area contributed by atoms with Crippen LogP contribution in [0.15, 0.2) is 18.3 Å². The van der Waals surface area contributed by atoms with Crippen molar-refractivity contribution in [2.24, 2.45) is 0 Å². The minimum absolute atomic E-state index is 0.0190. The second kappa shape index (κ2) is 4.18. The number of esters is 1. The van der Waals surface area contributed by atoms with Crippen LogP contribution in [0.25, 0.3) is 11.0 Å². The van der Waals surface area contributed by atoms with E-state index in [-0.39, 0.29) is 16.6 Å². The Kier molecular flexibility index (Phi) is 2.85. The highest BCUT2D eigenvalue weighted by Gasteiger charge is 2.15. The van der Waals surface area contributed by atoms with Gasteiger partial charge in [-0.3, -0.25) is 9.36 Å².